The van der Waals surface area contributed by atoms with Crippen LogP contribution < -0.4 is 0 Å². The molecular formula is C26H36O12P2. The first-order chi connectivity index (χ1) is 18.6. The van der Waals surface area contributed by atoms with Crippen LogP contribution in [0.1, 0.15) is 25.3 Å². The lowest BCUT2D eigenvalue weighted by Gasteiger charge is -2.23. The van der Waals surface area contributed by atoms with E-state index in [4.69, 9.17) is 40.0 Å². The number of aliphatic hydroxyl groups excluding tert-OH is 4. The molecule has 0 saturated heterocycles. The van der Waals surface area contributed by atoms with E-state index in [-0.39, 0.29) is 0 Å². The number of benzene rings is 3. The van der Waals surface area contributed by atoms with Crippen LogP contribution in [-0.4, -0.2) is 71.5 Å². The lowest BCUT2D eigenvalue weighted by Crippen LogP contribution is -2.37. The van der Waals surface area contributed by atoms with E-state index in [1.54, 1.807) is 0 Å². The van der Waals surface area contributed by atoms with Crippen LogP contribution in [-0.2, 0) is 13.4 Å². The average molecular weight is 603 g/mol. The lowest BCUT2D eigenvalue weighted by atomic mass is 9.86. The summed E-state index contributed by atoms with van der Waals surface area (Å²) in [4.78, 5) is 31.0. The average Bonchev–Trinajstić information content (AvgIpc) is 2.89. The molecule has 0 radical (unpaired) electrons. The van der Waals surface area contributed by atoms with E-state index in [1.165, 1.54) is 5.56 Å². The van der Waals surface area contributed by atoms with Crippen molar-refractivity contribution < 1.29 is 58.5 Å². The first-order valence-corrected chi connectivity index (χ1v) is 14.9. The van der Waals surface area contributed by atoms with Gasteiger partial charge in [-0.05, 0) is 34.2 Å². The number of aromatic hydroxyl groups is 1. The molecule has 0 amide bonds. The predicted molar refractivity (Wildman–Crippen MR) is 149 cm³/mol. The fraction of sp³-hybridized carbons (Fsp3) is 0.308. The van der Waals surface area contributed by atoms with Crippen molar-refractivity contribution in [3.8, 4) is 28.0 Å². The molecule has 3 aromatic rings. The molecule has 0 saturated carbocycles. The van der Waals surface area contributed by atoms with Gasteiger partial charge in [-0.2, -0.15) is 4.31 Å². The van der Waals surface area contributed by atoms with Crippen molar-refractivity contribution in [2.75, 3.05) is 26.4 Å². The highest BCUT2D eigenvalue weighted by atomic mass is 31.3. The second kappa shape index (κ2) is 16.1. The van der Waals surface area contributed by atoms with Gasteiger partial charge in [0.25, 0.3) is 0 Å². The number of aliphatic hydroxyl groups is 4. The van der Waals surface area contributed by atoms with Gasteiger partial charge in [-0.1, -0.05) is 80.6 Å². The molecule has 14 heteroatoms. The quantitative estimate of drug-likeness (QED) is 0.161. The normalized spacial score (nSPS) is 11.8. The van der Waals surface area contributed by atoms with Crippen LogP contribution in [0.25, 0.3) is 22.3 Å². The molecule has 0 bridgehead atoms. The zero-order valence-corrected chi connectivity index (χ0v) is 23.8. The zero-order chi connectivity index (χ0) is 30.6. The van der Waals surface area contributed by atoms with Crippen molar-refractivity contribution in [2.45, 2.75) is 19.8 Å². The highest BCUT2D eigenvalue weighted by molar-refractivity contribution is 7.60. The molecule has 0 spiro atoms. The van der Waals surface area contributed by atoms with E-state index in [0.717, 1.165) is 22.3 Å². The summed E-state index contributed by atoms with van der Waals surface area (Å²) in [6.07, 6.45) is 0. The monoisotopic (exact) mass is 602 g/mol. The Bertz CT molecular complexity index is 1220. The van der Waals surface area contributed by atoms with Gasteiger partial charge in [-0.15, -0.1) is 0 Å². The number of phenolic OH excluding ortho intramolecular Hbond substituents is 1. The maximum atomic E-state index is 10.5. The largest absolute Gasteiger partial charge is 0.507 e. The van der Waals surface area contributed by atoms with Crippen LogP contribution in [0.5, 0.6) is 5.75 Å². The first-order valence-electron chi connectivity index (χ1n) is 11.9. The molecule has 0 aliphatic heterocycles. The molecule has 3 aromatic carbocycles. The van der Waals surface area contributed by atoms with Gasteiger partial charge >= 0.3 is 15.6 Å². The second-order valence-electron chi connectivity index (χ2n) is 9.01. The Hall–Kier alpha value is -2.44. The molecule has 0 unspecified atom stereocenters. The van der Waals surface area contributed by atoms with Crippen LogP contribution in [0.3, 0.4) is 0 Å². The van der Waals surface area contributed by atoms with Gasteiger partial charge in [0.2, 0.25) is 0 Å². The summed E-state index contributed by atoms with van der Waals surface area (Å²) in [5, 5.41) is 44.5. The summed E-state index contributed by atoms with van der Waals surface area (Å²) in [5.74, 6) is 0.715. The van der Waals surface area contributed by atoms with Gasteiger partial charge in [0, 0.05) is 5.56 Å². The predicted octanol–water partition coefficient (Wildman–Crippen LogP) is 2.98. The van der Waals surface area contributed by atoms with E-state index in [9.17, 15) is 14.2 Å². The number of phenols is 1. The molecule has 0 aromatic heterocycles. The van der Waals surface area contributed by atoms with Gasteiger partial charge in [-0.25, -0.2) is 9.13 Å². The van der Waals surface area contributed by atoms with E-state index < -0.39 is 47.5 Å². The van der Waals surface area contributed by atoms with Gasteiger partial charge in [0.1, 0.15) is 5.75 Å². The van der Waals surface area contributed by atoms with Crippen LogP contribution in [0.15, 0.2) is 72.8 Å². The fourth-order valence-electron chi connectivity index (χ4n) is 3.34. The van der Waals surface area contributed by atoms with E-state index in [0.29, 0.717) is 11.7 Å². The number of rotatable bonds is 9. The van der Waals surface area contributed by atoms with Gasteiger partial charge < -0.3 is 45.1 Å². The topological polar surface area (TPSA) is 225 Å². The molecule has 3 rings (SSSR count). The van der Waals surface area contributed by atoms with E-state index in [1.807, 2.05) is 60.7 Å². The van der Waals surface area contributed by atoms with Crippen LogP contribution >= 0.6 is 15.6 Å². The molecule has 40 heavy (non-hydrogen) atoms. The third-order valence-corrected chi connectivity index (χ3v) is 7.22. The van der Waals surface area contributed by atoms with Crippen molar-refractivity contribution in [2.24, 2.45) is 5.41 Å². The van der Waals surface area contributed by atoms with Crippen molar-refractivity contribution in [1.82, 2.24) is 0 Å². The van der Waals surface area contributed by atoms with E-state index in [2.05, 4.69) is 30.3 Å². The zero-order valence-electron chi connectivity index (χ0n) is 22.0. The Morgan fingerprint density at radius 2 is 1.02 bits per heavy atom. The third kappa shape index (κ3) is 11.6. The fourth-order valence-corrected chi connectivity index (χ4v) is 4.45. The van der Waals surface area contributed by atoms with Crippen LogP contribution in [0, 0.1) is 5.41 Å². The minimum atomic E-state index is -5.05. The standard InChI is InChI=1S/C21H20O.C5H12O4.H4O7P2/c1-15(2)18-13-14-19(22)21(17-11-7-4-8-12-17)20(18)16-9-5-3-6-10-16;6-1-5(2-7,3-8)4-9;1-8(2,3)7-9(4,5)6/h3-15,22H,1-2H3;6-9H,1-4H2;(H2,1,2,3)(H2,4,5,6). The maximum absolute atomic E-state index is 10.5. The Morgan fingerprint density at radius 3 is 1.30 bits per heavy atom. The molecule has 9 N–H and O–H groups in total. The molecular weight excluding hydrogens is 566 g/mol. The first kappa shape index (κ1) is 35.6. The SMILES string of the molecule is CC(C)c1ccc(O)c(-c2ccccc2)c1-c1ccccc1.O=P(O)(O)OP(=O)(O)O.OCC(CO)(CO)CO. The number of phosphoric acid groups is 2. The third-order valence-electron chi connectivity index (χ3n) is 5.52. The summed E-state index contributed by atoms with van der Waals surface area (Å²) in [6, 6.07) is 24.3. The highest BCUT2D eigenvalue weighted by Crippen LogP contribution is 2.53. The molecule has 12 nitrogen and oxygen atoms in total. The molecule has 0 heterocycles. The van der Waals surface area contributed by atoms with Gasteiger partial charge in [-0.3, -0.25) is 0 Å². The molecule has 0 atom stereocenters. The summed E-state index contributed by atoms with van der Waals surface area (Å²) in [5.41, 5.74) is 4.37. The van der Waals surface area contributed by atoms with Crippen LogP contribution in [0.2, 0.25) is 0 Å². The maximum Gasteiger partial charge on any atom is 0.478 e. The summed E-state index contributed by atoms with van der Waals surface area (Å²) in [7, 11) is -10.1. The van der Waals surface area contributed by atoms with Crippen LogP contribution in [0.4, 0.5) is 0 Å². The van der Waals surface area contributed by atoms with E-state index >= 15 is 0 Å². The van der Waals surface area contributed by atoms with Crippen molar-refractivity contribution in [3.63, 3.8) is 0 Å². The summed E-state index contributed by atoms with van der Waals surface area (Å²) < 4.78 is 22.2. The van der Waals surface area contributed by atoms with Crippen molar-refractivity contribution in [1.29, 1.82) is 0 Å². The minimum absolute atomic E-state index is 0.328. The Kier molecular flexibility index (Phi) is 14.3. The van der Waals surface area contributed by atoms with Gasteiger partial charge in [0.15, 0.2) is 0 Å². The van der Waals surface area contributed by atoms with Gasteiger partial charge in [0.05, 0.1) is 31.8 Å². The molecule has 0 fully saturated rings. The molecule has 0 aliphatic rings. The minimum Gasteiger partial charge on any atom is -0.507 e. The Balaban J connectivity index is 0.000000370. The summed E-state index contributed by atoms with van der Waals surface area (Å²) >= 11 is 0. The number of hydrogen-bond acceptors (Lipinski definition) is 8. The van der Waals surface area contributed by atoms with Crippen molar-refractivity contribution in [3.05, 3.63) is 78.4 Å². The second-order valence-corrected chi connectivity index (χ2v) is 11.6. The Morgan fingerprint density at radius 1 is 0.650 bits per heavy atom. The molecule has 222 valence electrons. The summed E-state index contributed by atoms with van der Waals surface area (Å²) in [6.45, 7) is 2.75. The highest BCUT2D eigenvalue weighted by Gasteiger charge is 2.28. The molecule has 0 aliphatic carbocycles. The number of hydrogen-bond donors (Lipinski definition) is 9. The Labute approximate surface area is 232 Å². The lowest BCUT2D eigenvalue weighted by molar-refractivity contribution is -0.0328. The van der Waals surface area contributed by atoms with Crippen molar-refractivity contribution >= 4 is 15.6 Å². The smallest absolute Gasteiger partial charge is 0.478 e.